The lowest BCUT2D eigenvalue weighted by atomic mass is 9.75. The minimum absolute atomic E-state index is 0.151. The van der Waals surface area contributed by atoms with E-state index in [1.807, 2.05) is 24.3 Å². The molecule has 16 heteroatoms. The fraction of sp³-hybridized carbons (Fsp3) is 0.571. The van der Waals surface area contributed by atoms with Crippen LogP contribution < -0.4 is 37.2 Å². The summed E-state index contributed by atoms with van der Waals surface area (Å²) in [6.45, 7) is 27.5. The van der Waals surface area contributed by atoms with Gasteiger partial charge in [0.1, 0.15) is 46.0 Å². The highest BCUT2D eigenvalue weighted by Gasteiger charge is 2.45. The maximum Gasteiger partial charge on any atom is 0.788 e. The van der Waals surface area contributed by atoms with E-state index < -0.39 is 29.3 Å². The fourth-order valence-corrected chi connectivity index (χ4v) is 10.7. The first-order chi connectivity index (χ1) is 34.7. The second kappa shape index (κ2) is 22.9. The summed E-state index contributed by atoms with van der Waals surface area (Å²) in [5.41, 5.74) is 8.27. The molecule has 5 aliphatic rings. The van der Waals surface area contributed by atoms with E-state index in [1.54, 1.807) is 0 Å². The third-order valence-corrected chi connectivity index (χ3v) is 13.9. The van der Waals surface area contributed by atoms with Crippen LogP contribution in [0.1, 0.15) is 203 Å². The van der Waals surface area contributed by atoms with Gasteiger partial charge in [0.25, 0.3) is 0 Å². The van der Waals surface area contributed by atoms with Crippen LogP contribution in [0.5, 0.6) is 46.0 Å². The van der Waals surface area contributed by atoms with Gasteiger partial charge in [-0.05, 0) is 73.6 Å². The molecule has 0 saturated carbocycles. The van der Waals surface area contributed by atoms with Gasteiger partial charge in [-0.15, -0.1) is 0 Å². The van der Waals surface area contributed by atoms with Crippen molar-refractivity contribution in [2.45, 2.75) is 158 Å². The standard InChI is InChI=1S/C56H76B4O12/c1-13-17-37-41-21-43-38(18-14-2)45-23-47-40(20-16-4)48-24-46-39(19-15-3)44-22-42(37)50-26-52(44)68-59(63-31-35(9)10)70-54(46)28-56(48)72-60(64-32-36(11)12)71-55(47)27-53(45)69-58(62-30-34(7)8)67-51(43)25-49(41)65-57(66-50)61-29-33(5)6/h21-28,33-40H,13-20,29-32H2,1-12H3. The lowest BCUT2D eigenvalue weighted by Gasteiger charge is -2.36. The molecule has 9 rings (SSSR count). The largest absolute Gasteiger partial charge is 0.788 e. The Morgan fingerprint density at radius 2 is 0.472 bits per heavy atom. The molecule has 384 valence electrons. The minimum atomic E-state index is -1.10. The average Bonchev–Trinajstić information content (AvgIpc) is 3.32. The van der Waals surface area contributed by atoms with E-state index in [9.17, 15) is 0 Å². The first kappa shape index (κ1) is 52.3. The van der Waals surface area contributed by atoms with E-state index in [0.717, 1.165) is 95.9 Å². The van der Waals surface area contributed by atoms with Gasteiger partial charge < -0.3 is 55.9 Å². The van der Waals surface area contributed by atoms with Crippen molar-refractivity contribution in [3.63, 3.8) is 0 Å². The molecule has 0 N–H and O–H groups in total. The summed E-state index contributed by atoms with van der Waals surface area (Å²) in [5.74, 6) is 5.25. The van der Waals surface area contributed by atoms with Gasteiger partial charge in [-0.2, -0.15) is 0 Å². The van der Waals surface area contributed by atoms with Gasteiger partial charge in [0.2, 0.25) is 0 Å². The van der Waals surface area contributed by atoms with Crippen LogP contribution in [0.25, 0.3) is 0 Å². The molecule has 0 fully saturated rings. The van der Waals surface area contributed by atoms with Crippen molar-refractivity contribution < 1.29 is 55.9 Å². The molecule has 0 unspecified atom stereocenters. The van der Waals surface area contributed by atoms with Crippen molar-refractivity contribution >= 4 is 29.3 Å². The highest BCUT2D eigenvalue weighted by Crippen LogP contribution is 2.55. The maximum absolute atomic E-state index is 6.96. The molecule has 12 nitrogen and oxygen atoms in total. The minimum Gasteiger partial charge on any atom is -0.500 e. The first-order valence-corrected chi connectivity index (χ1v) is 27.3. The average molecular weight is 984 g/mol. The van der Waals surface area contributed by atoms with Crippen LogP contribution in [-0.2, 0) is 18.6 Å². The Balaban J connectivity index is 1.42. The molecule has 4 heterocycles. The lowest BCUT2D eigenvalue weighted by molar-refractivity contribution is 0.170. The van der Waals surface area contributed by atoms with Gasteiger partial charge in [0.15, 0.2) is 0 Å². The van der Waals surface area contributed by atoms with Gasteiger partial charge in [0.05, 0.1) is 0 Å². The Morgan fingerprint density at radius 1 is 0.306 bits per heavy atom. The maximum atomic E-state index is 6.96. The van der Waals surface area contributed by atoms with E-state index in [-0.39, 0.29) is 47.3 Å². The van der Waals surface area contributed by atoms with E-state index in [2.05, 4.69) is 107 Å². The molecule has 0 aromatic heterocycles. The van der Waals surface area contributed by atoms with Crippen LogP contribution in [0, 0.1) is 23.7 Å². The summed E-state index contributed by atoms with van der Waals surface area (Å²) in [5, 5.41) is 0. The molecule has 4 aromatic rings. The molecule has 0 atom stereocenters. The molecule has 72 heavy (non-hydrogen) atoms. The SMILES string of the molecule is CCCC1c2cc3c4cc2OB(OCC(C)C)Oc2cc5c(cc21)C(CCC)c1cc2c(cc1OB(OCC(C)C)O5)OB(OCC(C)C)Oc1cc(c(cc1C2CCC)C3CCC)OB(OCC(C)C)O4. The van der Waals surface area contributed by atoms with Crippen molar-refractivity contribution in [1.82, 2.24) is 0 Å². The molecular formula is C56H76B4O12. The Bertz CT molecular complexity index is 2060. The quantitative estimate of drug-likeness (QED) is 0.0786. The van der Waals surface area contributed by atoms with Gasteiger partial charge in [-0.1, -0.05) is 109 Å². The second-order valence-electron chi connectivity index (χ2n) is 22.1. The number of hydrogen-bond donors (Lipinski definition) is 0. The Kier molecular flexibility index (Phi) is 16.6. The topological polar surface area (TPSA) is 111 Å². The zero-order valence-corrected chi connectivity index (χ0v) is 44.9. The number of rotatable bonds is 20. The molecule has 1 aliphatic carbocycles. The summed E-state index contributed by atoms with van der Waals surface area (Å²) in [6.07, 6.45) is 6.86. The van der Waals surface area contributed by atoms with Crippen LogP contribution in [0.3, 0.4) is 0 Å². The molecule has 0 radical (unpaired) electrons. The molecule has 0 spiro atoms. The third kappa shape index (κ3) is 11.2. The van der Waals surface area contributed by atoms with E-state index in [0.29, 0.717) is 72.4 Å². The number of benzene rings is 4. The van der Waals surface area contributed by atoms with Crippen LogP contribution in [0.4, 0.5) is 0 Å². The summed E-state index contributed by atoms with van der Waals surface area (Å²) < 4.78 is 81.8. The predicted octanol–water partition coefficient (Wildman–Crippen LogP) is 13.4. The Labute approximate surface area is 430 Å². The Morgan fingerprint density at radius 3 is 0.611 bits per heavy atom. The summed E-state index contributed by atoms with van der Waals surface area (Å²) >= 11 is 0. The van der Waals surface area contributed by atoms with E-state index in [4.69, 9.17) is 55.9 Å². The van der Waals surface area contributed by atoms with Crippen molar-refractivity contribution in [2.24, 2.45) is 23.7 Å². The van der Waals surface area contributed by atoms with Gasteiger partial charge in [-0.3, -0.25) is 0 Å². The zero-order chi connectivity index (χ0) is 50.8. The monoisotopic (exact) mass is 985 g/mol. The summed E-state index contributed by atoms with van der Waals surface area (Å²) in [7, 11) is -4.39. The van der Waals surface area contributed by atoms with Gasteiger partial charge in [-0.25, -0.2) is 0 Å². The normalized spacial score (nSPS) is 19.3. The predicted molar refractivity (Wildman–Crippen MR) is 284 cm³/mol. The van der Waals surface area contributed by atoms with Crippen LogP contribution in [0.15, 0.2) is 48.5 Å². The van der Waals surface area contributed by atoms with Crippen molar-refractivity contribution in [1.29, 1.82) is 0 Å². The van der Waals surface area contributed by atoms with Crippen LogP contribution in [0.2, 0.25) is 0 Å². The van der Waals surface area contributed by atoms with Crippen LogP contribution in [-0.4, -0.2) is 55.7 Å². The lowest BCUT2D eigenvalue weighted by Crippen LogP contribution is -2.39. The van der Waals surface area contributed by atoms with E-state index in [1.165, 1.54) is 0 Å². The first-order valence-electron chi connectivity index (χ1n) is 27.3. The molecule has 4 aliphatic heterocycles. The fourth-order valence-electron chi connectivity index (χ4n) is 10.7. The van der Waals surface area contributed by atoms with Crippen molar-refractivity contribution in [3.05, 3.63) is 93.0 Å². The summed E-state index contributed by atoms with van der Waals surface area (Å²) in [4.78, 5) is 0. The molecular weight excluding hydrogens is 908 g/mol. The highest BCUT2D eigenvalue weighted by molar-refractivity contribution is 6.40. The molecule has 4 aromatic carbocycles. The molecule has 8 bridgehead atoms. The molecule has 0 amide bonds. The smallest absolute Gasteiger partial charge is 0.500 e. The van der Waals surface area contributed by atoms with Crippen molar-refractivity contribution in [2.75, 3.05) is 26.4 Å². The molecule has 0 saturated heterocycles. The van der Waals surface area contributed by atoms with Gasteiger partial charge >= 0.3 is 29.3 Å². The second-order valence-corrected chi connectivity index (χ2v) is 22.1. The highest BCUT2D eigenvalue weighted by atomic mass is 16.8. The van der Waals surface area contributed by atoms with E-state index >= 15 is 0 Å². The third-order valence-electron chi connectivity index (χ3n) is 13.9. The van der Waals surface area contributed by atoms with Crippen molar-refractivity contribution in [3.8, 4) is 46.0 Å². The number of hydrogen-bond acceptors (Lipinski definition) is 12. The van der Waals surface area contributed by atoms with Crippen LogP contribution >= 0.6 is 0 Å². The van der Waals surface area contributed by atoms with Gasteiger partial charge in [0, 0.05) is 119 Å². The zero-order valence-electron chi connectivity index (χ0n) is 44.9. The Hall–Kier alpha value is -4.62. The summed E-state index contributed by atoms with van der Waals surface area (Å²) in [6, 6.07) is 17.4.